The van der Waals surface area contributed by atoms with E-state index in [1.165, 1.54) is 0 Å². The summed E-state index contributed by atoms with van der Waals surface area (Å²) in [6.07, 6.45) is 2.44. The molecule has 0 bridgehead atoms. The minimum Gasteiger partial charge on any atom is -0.489 e. The average molecular weight is 356 g/mol. The van der Waals surface area contributed by atoms with E-state index in [4.69, 9.17) is 4.74 Å². The summed E-state index contributed by atoms with van der Waals surface area (Å²) in [6, 6.07) is 6.08. The van der Waals surface area contributed by atoms with Gasteiger partial charge < -0.3 is 10.1 Å². The second kappa shape index (κ2) is 6.48. The third kappa shape index (κ3) is 3.11. The number of fused-ring (bicyclic) bond motifs is 1. The lowest BCUT2D eigenvalue weighted by atomic mass is 10.0. The van der Waals surface area contributed by atoms with Crippen LogP contribution in [0.15, 0.2) is 29.9 Å². The molecular formula is C18H20N4O2S. The Morgan fingerprint density at radius 1 is 1.48 bits per heavy atom. The first-order valence-electron chi connectivity index (χ1n) is 8.48. The molecule has 1 aliphatic rings. The Balaban J connectivity index is 1.67. The van der Waals surface area contributed by atoms with E-state index in [0.29, 0.717) is 13.0 Å². The van der Waals surface area contributed by atoms with Gasteiger partial charge in [0.15, 0.2) is 0 Å². The van der Waals surface area contributed by atoms with Crippen LogP contribution in [0.25, 0.3) is 21.5 Å². The highest BCUT2D eigenvalue weighted by molar-refractivity contribution is 7.17. The molecule has 0 aliphatic carbocycles. The molecule has 130 valence electrons. The topological polar surface area (TPSA) is 69.0 Å². The van der Waals surface area contributed by atoms with Crippen LogP contribution < -0.4 is 10.1 Å². The number of aromatic nitrogens is 3. The SMILES string of the molecule is CCn1ccc(-c2cc(O[C@H](C)C3CNC(=O)C3)c3scnc3c2)n1. The van der Waals surface area contributed by atoms with Crippen LogP contribution in [0.4, 0.5) is 0 Å². The summed E-state index contributed by atoms with van der Waals surface area (Å²) in [4.78, 5) is 15.9. The molecule has 1 aromatic carbocycles. The second-order valence-corrected chi connectivity index (χ2v) is 7.18. The molecule has 1 N–H and O–H groups in total. The van der Waals surface area contributed by atoms with Crippen molar-refractivity contribution in [2.24, 2.45) is 5.92 Å². The van der Waals surface area contributed by atoms with Crippen LogP contribution in [0.3, 0.4) is 0 Å². The number of nitrogens with zero attached hydrogens (tertiary/aromatic N) is 3. The van der Waals surface area contributed by atoms with Crippen molar-refractivity contribution < 1.29 is 9.53 Å². The maximum absolute atomic E-state index is 11.5. The maximum atomic E-state index is 11.5. The molecule has 3 aromatic rings. The first-order valence-corrected chi connectivity index (χ1v) is 9.36. The molecule has 7 heteroatoms. The number of aryl methyl sites for hydroxylation is 1. The van der Waals surface area contributed by atoms with Crippen LogP contribution in [0.2, 0.25) is 0 Å². The fourth-order valence-electron chi connectivity index (χ4n) is 3.12. The molecular weight excluding hydrogens is 336 g/mol. The molecule has 1 amide bonds. The summed E-state index contributed by atoms with van der Waals surface area (Å²) >= 11 is 1.57. The van der Waals surface area contributed by atoms with Gasteiger partial charge in [-0.05, 0) is 32.0 Å². The molecule has 4 rings (SSSR count). The van der Waals surface area contributed by atoms with Crippen LogP contribution in [-0.2, 0) is 11.3 Å². The van der Waals surface area contributed by atoms with E-state index in [1.54, 1.807) is 11.3 Å². The molecule has 0 saturated carbocycles. The molecule has 1 fully saturated rings. The van der Waals surface area contributed by atoms with E-state index >= 15 is 0 Å². The van der Waals surface area contributed by atoms with E-state index in [9.17, 15) is 4.79 Å². The molecule has 1 aliphatic heterocycles. The predicted octanol–water partition coefficient (Wildman–Crippen LogP) is 3.08. The maximum Gasteiger partial charge on any atom is 0.220 e. The number of hydrogen-bond donors (Lipinski definition) is 1. The second-order valence-electron chi connectivity index (χ2n) is 6.32. The van der Waals surface area contributed by atoms with Crippen molar-refractivity contribution in [3.05, 3.63) is 29.9 Å². The molecule has 25 heavy (non-hydrogen) atoms. The van der Waals surface area contributed by atoms with Gasteiger partial charge in [0, 0.05) is 37.2 Å². The smallest absolute Gasteiger partial charge is 0.220 e. The van der Waals surface area contributed by atoms with E-state index in [0.717, 1.165) is 33.8 Å². The van der Waals surface area contributed by atoms with Crippen molar-refractivity contribution in [2.75, 3.05) is 6.54 Å². The lowest BCUT2D eigenvalue weighted by Crippen LogP contribution is -2.25. The van der Waals surface area contributed by atoms with E-state index in [1.807, 2.05) is 41.5 Å². The van der Waals surface area contributed by atoms with Gasteiger partial charge in [-0.2, -0.15) is 5.10 Å². The van der Waals surface area contributed by atoms with Gasteiger partial charge in [-0.3, -0.25) is 9.48 Å². The molecule has 2 aromatic heterocycles. The number of ether oxygens (including phenoxy) is 1. The lowest BCUT2D eigenvalue weighted by molar-refractivity contribution is -0.119. The molecule has 0 radical (unpaired) electrons. The van der Waals surface area contributed by atoms with Crippen molar-refractivity contribution >= 4 is 27.5 Å². The highest BCUT2D eigenvalue weighted by Gasteiger charge is 2.28. The minimum absolute atomic E-state index is 0.0484. The minimum atomic E-state index is -0.0484. The Bertz CT molecular complexity index is 917. The first kappa shape index (κ1) is 16.1. The summed E-state index contributed by atoms with van der Waals surface area (Å²) in [5.41, 5.74) is 4.65. The normalized spacial score (nSPS) is 18.5. The molecule has 6 nitrogen and oxygen atoms in total. The standard InChI is InChI=1S/C18H20N4O2S/c1-3-22-5-4-14(21-22)12-6-15-18(25-10-20-15)16(7-12)24-11(2)13-8-17(23)19-9-13/h4-7,10-11,13H,3,8-9H2,1-2H3,(H,19,23)/t11-,13?/m1/s1. The van der Waals surface area contributed by atoms with Crippen molar-refractivity contribution in [3.63, 3.8) is 0 Å². The van der Waals surface area contributed by atoms with E-state index in [2.05, 4.69) is 22.3 Å². The highest BCUT2D eigenvalue weighted by Crippen LogP contribution is 2.35. The fourth-order valence-corrected chi connectivity index (χ4v) is 3.85. The first-order chi connectivity index (χ1) is 12.1. The predicted molar refractivity (Wildman–Crippen MR) is 97.7 cm³/mol. The zero-order valence-corrected chi connectivity index (χ0v) is 15.0. The van der Waals surface area contributed by atoms with Gasteiger partial charge in [0.25, 0.3) is 0 Å². The van der Waals surface area contributed by atoms with Crippen LogP contribution >= 0.6 is 11.3 Å². The monoisotopic (exact) mass is 356 g/mol. The lowest BCUT2D eigenvalue weighted by Gasteiger charge is -2.20. The molecule has 0 spiro atoms. The van der Waals surface area contributed by atoms with Crippen LogP contribution in [0, 0.1) is 5.92 Å². The van der Waals surface area contributed by atoms with Crippen LogP contribution in [0.1, 0.15) is 20.3 Å². The Kier molecular flexibility index (Phi) is 4.17. The summed E-state index contributed by atoms with van der Waals surface area (Å²) in [7, 11) is 0. The van der Waals surface area contributed by atoms with Gasteiger partial charge in [0.05, 0.1) is 21.4 Å². The number of thiazole rings is 1. The number of amides is 1. The van der Waals surface area contributed by atoms with Crippen LogP contribution in [-0.4, -0.2) is 33.3 Å². The van der Waals surface area contributed by atoms with Crippen LogP contribution in [0.5, 0.6) is 5.75 Å². The fraction of sp³-hybridized carbons (Fsp3) is 0.389. The number of nitrogens with one attached hydrogen (secondary N) is 1. The largest absolute Gasteiger partial charge is 0.489 e. The number of carbonyl (C=O) groups is 1. The van der Waals surface area contributed by atoms with Crippen molar-refractivity contribution in [1.29, 1.82) is 0 Å². The summed E-state index contributed by atoms with van der Waals surface area (Å²) < 4.78 is 9.19. The van der Waals surface area contributed by atoms with Gasteiger partial charge in [0.1, 0.15) is 11.9 Å². The van der Waals surface area contributed by atoms with Gasteiger partial charge in [-0.15, -0.1) is 11.3 Å². The molecule has 1 unspecified atom stereocenters. The summed E-state index contributed by atoms with van der Waals surface area (Å²) in [5.74, 6) is 1.11. The number of carbonyl (C=O) groups excluding carboxylic acids is 1. The number of hydrogen-bond acceptors (Lipinski definition) is 5. The Morgan fingerprint density at radius 3 is 3.08 bits per heavy atom. The van der Waals surface area contributed by atoms with Crippen molar-refractivity contribution in [2.45, 2.75) is 32.9 Å². The third-order valence-electron chi connectivity index (χ3n) is 4.64. The molecule has 1 saturated heterocycles. The van der Waals surface area contributed by atoms with Gasteiger partial charge >= 0.3 is 0 Å². The molecule has 2 atom stereocenters. The quantitative estimate of drug-likeness (QED) is 0.763. The van der Waals surface area contributed by atoms with Gasteiger partial charge in [-0.1, -0.05) is 0 Å². The highest BCUT2D eigenvalue weighted by atomic mass is 32.1. The Morgan fingerprint density at radius 2 is 2.36 bits per heavy atom. The number of rotatable bonds is 5. The van der Waals surface area contributed by atoms with Gasteiger partial charge in [0.2, 0.25) is 5.91 Å². The van der Waals surface area contributed by atoms with Gasteiger partial charge in [-0.25, -0.2) is 4.98 Å². The Labute approximate surface area is 149 Å². The van der Waals surface area contributed by atoms with E-state index < -0.39 is 0 Å². The van der Waals surface area contributed by atoms with Crippen molar-refractivity contribution in [1.82, 2.24) is 20.1 Å². The summed E-state index contributed by atoms with van der Waals surface area (Å²) in [6.45, 7) is 5.60. The zero-order valence-electron chi connectivity index (χ0n) is 14.2. The van der Waals surface area contributed by atoms with E-state index in [-0.39, 0.29) is 17.9 Å². The van der Waals surface area contributed by atoms with Crippen molar-refractivity contribution in [3.8, 4) is 17.0 Å². The average Bonchev–Trinajstić information content (AvgIpc) is 3.34. The zero-order chi connectivity index (χ0) is 17.4. The number of benzene rings is 1. The molecule has 3 heterocycles. The summed E-state index contributed by atoms with van der Waals surface area (Å²) in [5, 5.41) is 7.45. The Hall–Kier alpha value is -2.41. The third-order valence-corrected chi connectivity index (χ3v) is 5.50.